The van der Waals surface area contributed by atoms with Gasteiger partial charge < -0.3 is 5.32 Å². The summed E-state index contributed by atoms with van der Waals surface area (Å²) in [6.07, 6.45) is 1.50. The number of aromatic nitrogens is 3. The molecule has 6 nitrogen and oxygen atoms in total. The Morgan fingerprint density at radius 3 is 2.50 bits per heavy atom. The second kappa shape index (κ2) is 7.31. The summed E-state index contributed by atoms with van der Waals surface area (Å²) in [4.78, 5) is 28.5. The third-order valence-corrected chi connectivity index (χ3v) is 4.28. The molecule has 0 unspecified atom stereocenters. The molecule has 3 rings (SSSR count). The first-order chi connectivity index (χ1) is 12.4. The van der Waals surface area contributed by atoms with Crippen LogP contribution in [0.15, 0.2) is 53.5 Å². The highest BCUT2D eigenvalue weighted by atomic mass is 16.2. The van der Waals surface area contributed by atoms with E-state index in [-0.39, 0.29) is 12.5 Å². The van der Waals surface area contributed by atoms with Crippen LogP contribution in [0.1, 0.15) is 16.7 Å². The van der Waals surface area contributed by atoms with Gasteiger partial charge in [0.2, 0.25) is 5.91 Å². The molecule has 0 aliphatic rings. The van der Waals surface area contributed by atoms with Crippen molar-refractivity contribution in [3.8, 4) is 11.3 Å². The molecule has 26 heavy (non-hydrogen) atoms. The minimum Gasteiger partial charge on any atom is -0.324 e. The first kappa shape index (κ1) is 17.5. The Hall–Kier alpha value is -3.28. The minimum atomic E-state index is -0.556. The van der Waals surface area contributed by atoms with E-state index in [4.69, 9.17) is 0 Å². The van der Waals surface area contributed by atoms with E-state index in [1.165, 1.54) is 6.20 Å². The molecule has 0 spiro atoms. The number of carbonyl (C=O) groups excluding carboxylic acids is 1. The number of carbonyl (C=O) groups is 1. The number of benzene rings is 2. The van der Waals surface area contributed by atoms with Gasteiger partial charge in [0.15, 0.2) is 0 Å². The maximum Gasteiger partial charge on any atom is 0.365 e. The molecule has 0 radical (unpaired) electrons. The average Bonchev–Trinajstić information content (AvgIpc) is 2.61. The van der Waals surface area contributed by atoms with Gasteiger partial charge in [0.05, 0.1) is 11.9 Å². The van der Waals surface area contributed by atoms with Crippen molar-refractivity contribution in [2.45, 2.75) is 27.3 Å². The number of amides is 1. The molecule has 6 heteroatoms. The molecule has 0 saturated carbocycles. The van der Waals surface area contributed by atoms with Crippen molar-refractivity contribution in [1.82, 2.24) is 14.8 Å². The van der Waals surface area contributed by atoms with Crippen LogP contribution in [0.5, 0.6) is 0 Å². The molecule has 1 N–H and O–H groups in total. The van der Waals surface area contributed by atoms with Crippen molar-refractivity contribution in [2.24, 2.45) is 0 Å². The number of nitrogens with zero attached hydrogens (tertiary/aromatic N) is 3. The van der Waals surface area contributed by atoms with E-state index in [9.17, 15) is 9.59 Å². The Bertz CT molecular complexity index is 1010. The van der Waals surface area contributed by atoms with Crippen LogP contribution in [0.4, 0.5) is 5.69 Å². The van der Waals surface area contributed by atoms with Crippen LogP contribution in [0.3, 0.4) is 0 Å². The summed E-state index contributed by atoms with van der Waals surface area (Å²) >= 11 is 0. The normalized spacial score (nSPS) is 10.6. The van der Waals surface area contributed by atoms with Gasteiger partial charge in [-0.1, -0.05) is 42.0 Å². The lowest BCUT2D eigenvalue weighted by Gasteiger charge is -2.10. The molecule has 132 valence electrons. The molecule has 0 aliphatic heterocycles. The van der Waals surface area contributed by atoms with Crippen molar-refractivity contribution in [3.63, 3.8) is 0 Å². The van der Waals surface area contributed by atoms with Gasteiger partial charge in [0.1, 0.15) is 6.54 Å². The maximum absolute atomic E-state index is 12.3. The first-order valence-corrected chi connectivity index (χ1v) is 8.31. The van der Waals surface area contributed by atoms with Crippen molar-refractivity contribution in [3.05, 3.63) is 75.8 Å². The van der Waals surface area contributed by atoms with Gasteiger partial charge in [-0.15, -0.1) is 0 Å². The smallest absolute Gasteiger partial charge is 0.324 e. The number of hydrogen-bond donors (Lipinski definition) is 1. The Labute approximate surface area is 151 Å². The number of rotatable bonds is 4. The first-order valence-electron chi connectivity index (χ1n) is 8.31. The summed E-state index contributed by atoms with van der Waals surface area (Å²) in [6.45, 7) is 5.72. The van der Waals surface area contributed by atoms with Gasteiger partial charge in [-0.05, 0) is 38.0 Å². The predicted molar refractivity (Wildman–Crippen MR) is 101 cm³/mol. The standard InChI is InChI=1S/C20H20N4O2/c1-13-7-9-16(10-8-13)18-11-21-24(20(26)23-18)12-19(25)22-17-6-4-5-14(2)15(17)3/h4-11H,12H2,1-3H3,(H,22,25). The highest BCUT2D eigenvalue weighted by Gasteiger charge is 2.10. The van der Waals surface area contributed by atoms with Crippen molar-refractivity contribution in [2.75, 3.05) is 5.32 Å². The Balaban J connectivity index is 1.76. The fourth-order valence-electron chi connectivity index (χ4n) is 2.55. The van der Waals surface area contributed by atoms with Crippen LogP contribution in [-0.2, 0) is 11.3 Å². The molecular formula is C20H20N4O2. The van der Waals surface area contributed by atoms with Crippen LogP contribution < -0.4 is 11.0 Å². The summed E-state index contributed by atoms with van der Waals surface area (Å²) in [5.41, 5.74) is 4.68. The molecular weight excluding hydrogens is 328 g/mol. The summed E-state index contributed by atoms with van der Waals surface area (Å²) < 4.78 is 1.05. The summed E-state index contributed by atoms with van der Waals surface area (Å²) in [5, 5.41) is 6.89. The Morgan fingerprint density at radius 1 is 1.08 bits per heavy atom. The van der Waals surface area contributed by atoms with Crippen molar-refractivity contribution in [1.29, 1.82) is 0 Å². The lowest BCUT2D eigenvalue weighted by Crippen LogP contribution is -2.31. The van der Waals surface area contributed by atoms with Gasteiger partial charge in [0, 0.05) is 11.3 Å². The molecule has 3 aromatic rings. The highest BCUT2D eigenvalue weighted by Crippen LogP contribution is 2.18. The molecule has 0 atom stereocenters. The van der Waals surface area contributed by atoms with Gasteiger partial charge in [-0.3, -0.25) is 4.79 Å². The molecule has 0 aliphatic carbocycles. The summed E-state index contributed by atoms with van der Waals surface area (Å²) in [5.74, 6) is -0.321. The molecule has 2 aromatic carbocycles. The minimum absolute atomic E-state index is 0.187. The molecule has 1 heterocycles. The zero-order chi connectivity index (χ0) is 18.7. The molecule has 1 aromatic heterocycles. The number of anilines is 1. The quantitative estimate of drug-likeness (QED) is 0.786. The van der Waals surface area contributed by atoms with Gasteiger partial charge in [-0.25, -0.2) is 9.48 Å². The molecule has 0 fully saturated rings. The molecule has 0 saturated heterocycles. The lowest BCUT2D eigenvalue weighted by atomic mass is 10.1. The Kier molecular flexibility index (Phi) is 4.93. The topological polar surface area (TPSA) is 76.9 Å². The second-order valence-electron chi connectivity index (χ2n) is 6.24. The van der Waals surface area contributed by atoms with Gasteiger partial charge in [0.25, 0.3) is 0 Å². The Morgan fingerprint density at radius 2 is 1.81 bits per heavy atom. The maximum atomic E-state index is 12.3. The highest BCUT2D eigenvalue weighted by molar-refractivity contribution is 5.91. The van der Waals surface area contributed by atoms with Crippen LogP contribution in [-0.4, -0.2) is 20.7 Å². The SMILES string of the molecule is Cc1ccc(-c2cnn(CC(=O)Nc3cccc(C)c3C)c(=O)n2)cc1. The predicted octanol–water partition coefficient (Wildman–Crippen LogP) is 2.87. The van der Waals surface area contributed by atoms with Crippen molar-refractivity contribution >= 4 is 11.6 Å². The average molecular weight is 348 g/mol. The zero-order valence-corrected chi connectivity index (χ0v) is 15.0. The number of aryl methyl sites for hydroxylation is 2. The van der Waals surface area contributed by atoms with E-state index >= 15 is 0 Å². The third-order valence-electron chi connectivity index (χ3n) is 4.28. The van der Waals surface area contributed by atoms with E-state index in [1.54, 1.807) is 0 Å². The largest absolute Gasteiger partial charge is 0.365 e. The number of nitrogens with one attached hydrogen (secondary N) is 1. The lowest BCUT2D eigenvalue weighted by molar-refractivity contribution is -0.117. The van der Waals surface area contributed by atoms with E-state index in [2.05, 4.69) is 15.4 Å². The van der Waals surface area contributed by atoms with E-state index < -0.39 is 5.69 Å². The van der Waals surface area contributed by atoms with Crippen LogP contribution in [0.2, 0.25) is 0 Å². The van der Waals surface area contributed by atoms with E-state index in [1.807, 2.05) is 63.2 Å². The van der Waals surface area contributed by atoms with Crippen LogP contribution >= 0.6 is 0 Å². The van der Waals surface area contributed by atoms with Crippen LogP contribution in [0, 0.1) is 20.8 Å². The van der Waals surface area contributed by atoms with Gasteiger partial charge >= 0.3 is 5.69 Å². The third kappa shape index (κ3) is 3.85. The summed E-state index contributed by atoms with van der Waals surface area (Å²) in [7, 11) is 0. The van der Waals surface area contributed by atoms with Crippen molar-refractivity contribution < 1.29 is 4.79 Å². The zero-order valence-electron chi connectivity index (χ0n) is 15.0. The number of hydrogen-bond acceptors (Lipinski definition) is 4. The van der Waals surface area contributed by atoms with Gasteiger partial charge in [-0.2, -0.15) is 10.1 Å². The fourth-order valence-corrected chi connectivity index (χ4v) is 2.55. The summed E-state index contributed by atoms with van der Waals surface area (Å²) in [6, 6.07) is 13.3. The second-order valence-corrected chi connectivity index (χ2v) is 6.24. The fraction of sp³-hybridized carbons (Fsp3) is 0.200. The molecule has 0 bridgehead atoms. The monoisotopic (exact) mass is 348 g/mol. The van der Waals surface area contributed by atoms with E-state index in [0.717, 1.165) is 32.6 Å². The molecule has 1 amide bonds. The van der Waals surface area contributed by atoms with Crippen LogP contribution in [0.25, 0.3) is 11.3 Å². The van der Waals surface area contributed by atoms with E-state index in [0.29, 0.717) is 5.69 Å².